The van der Waals surface area contributed by atoms with Crippen LogP contribution in [0.4, 0.5) is 5.69 Å². The number of benzene rings is 4. The normalized spacial score (nSPS) is 12.7. The van der Waals surface area contributed by atoms with Crippen LogP contribution in [0.5, 0.6) is 0 Å². The van der Waals surface area contributed by atoms with E-state index >= 15 is 0 Å². The topological polar surface area (TPSA) is 86.8 Å². The number of carbonyl (C=O) groups is 2. The molecule has 242 valence electrons. The zero-order valence-corrected chi connectivity index (χ0v) is 28.9. The number of nitrogens with zero attached hydrogens (tertiary/aromatic N) is 2. The van der Waals surface area contributed by atoms with E-state index < -0.39 is 28.5 Å². The number of carbonyl (C=O) groups excluding carboxylic acids is 2. The van der Waals surface area contributed by atoms with Gasteiger partial charge < -0.3 is 10.2 Å². The van der Waals surface area contributed by atoms with Gasteiger partial charge in [-0.1, -0.05) is 102 Å². The molecule has 7 nitrogen and oxygen atoms in total. The van der Waals surface area contributed by atoms with Crippen molar-refractivity contribution in [3.05, 3.63) is 129 Å². The molecule has 0 unspecified atom stereocenters. The van der Waals surface area contributed by atoms with Crippen molar-refractivity contribution in [3.63, 3.8) is 0 Å². The van der Waals surface area contributed by atoms with Gasteiger partial charge in [-0.25, -0.2) is 8.42 Å². The van der Waals surface area contributed by atoms with E-state index in [2.05, 4.69) is 5.32 Å². The van der Waals surface area contributed by atoms with E-state index in [4.69, 9.17) is 34.8 Å². The molecule has 46 heavy (non-hydrogen) atoms. The molecule has 0 aliphatic carbocycles. The van der Waals surface area contributed by atoms with Gasteiger partial charge in [0.25, 0.3) is 10.0 Å². The van der Waals surface area contributed by atoms with Crippen molar-refractivity contribution in [2.24, 2.45) is 0 Å². The molecule has 0 heterocycles. The summed E-state index contributed by atoms with van der Waals surface area (Å²) in [4.78, 5) is 29.9. The molecule has 4 rings (SSSR count). The average molecular weight is 701 g/mol. The molecule has 0 aromatic heterocycles. The second-order valence-electron chi connectivity index (χ2n) is 11.0. The minimum Gasteiger partial charge on any atom is -0.352 e. The molecule has 0 saturated heterocycles. The summed E-state index contributed by atoms with van der Waals surface area (Å²) in [6.07, 6.45) is 0.838. The van der Waals surface area contributed by atoms with Gasteiger partial charge in [0.1, 0.15) is 12.6 Å². The maximum Gasteiger partial charge on any atom is 0.264 e. The van der Waals surface area contributed by atoms with E-state index in [0.717, 1.165) is 15.4 Å². The number of amides is 2. The Morgan fingerprint density at radius 3 is 2.09 bits per heavy atom. The molecule has 2 amide bonds. The van der Waals surface area contributed by atoms with Crippen LogP contribution in [0.1, 0.15) is 37.0 Å². The van der Waals surface area contributed by atoms with E-state index in [1.54, 1.807) is 48.5 Å². The molecule has 4 aromatic carbocycles. The second-order valence-corrected chi connectivity index (χ2v) is 14.2. The lowest BCUT2D eigenvalue weighted by Gasteiger charge is -2.34. The third-order valence-electron chi connectivity index (χ3n) is 7.65. The van der Waals surface area contributed by atoms with Crippen LogP contribution in [0.3, 0.4) is 0 Å². The molecule has 0 fully saturated rings. The summed E-state index contributed by atoms with van der Waals surface area (Å²) in [7, 11) is -4.26. The van der Waals surface area contributed by atoms with Crippen molar-refractivity contribution >= 4 is 62.3 Å². The smallest absolute Gasteiger partial charge is 0.264 e. The van der Waals surface area contributed by atoms with Crippen LogP contribution < -0.4 is 9.62 Å². The fourth-order valence-electron chi connectivity index (χ4n) is 4.85. The molecule has 0 radical (unpaired) electrons. The van der Waals surface area contributed by atoms with Gasteiger partial charge in [0.2, 0.25) is 11.8 Å². The third kappa shape index (κ3) is 8.82. The number of halogens is 3. The van der Waals surface area contributed by atoms with Crippen molar-refractivity contribution < 1.29 is 18.0 Å². The first-order valence-corrected chi connectivity index (χ1v) is 17.4. The summed E-state index contributed by atoms with van der Waals surface area (Å²) in [6, 6.07) is 25.7. The Kier molecular flexibility index (Phi) is 12.1. The first kappa shape index (κ1) is 35.3. The predicted molar refractivity (Wildman–Crippen MR) is 186 cm³/mol. The summed E-state index contributed by atoms with van der Waals surface area (Å²) >= 11 is 19.4. The van der Waals surface area contributed by atoms with Crippen LogP contribution in [0.15, 0.2) is 102 Å². The van der Waals surface area contributed by atoms with E-state index in [1.165, 1.54) is 23.1 Å². The number of sulfonamides is 1. The highest BCUT2D eigenvalue weighted by Gasteiger charge is 2.35. The zero-order chi connectivity index (χ0) is 33.4. The summed E-state index contributed by atoms with van der Waals surface area (Å²) in [5.41, 5.74) is 2.32. The van der Waals surface area contributed by atoms with Crippen LogP contribution in [0, 0.1) is 6.92 Å². The van der Waals surface area contributed by atoms with Crippen LogP contribution in [-0.4, -0.2) is 43.8 Å². The van der Waals surface area contributed by atoms with E-state index in [-0.39, 0.29) is 35.5 Å². The third-order valence-corrected chi connectivity index (χ3v) is 10.4. The van der Waals surface area contributed by atoms with E-state index in [1.807, 2.05) is 51.1 Å². The second kappa shape index (κ2) is 15.8. The minimum atomic E-state index is -4.26. The van der Waals surface area contributed by atoms with Gasteiger partial charge in [-0.05, 0) is 68.3 Å². The zero-order valence-electron chi connectivity index (χ0n) is 25.8. The first-order chi connectivity index (χ1) is 21.9. The molecule has 0 saturated carbocycles. The van der Waals surface area contributed by atoms with Gasteiger partial charge in [-0.15, -0.1) is 0 Å². The number of anilines is 1. The number of rotatable bonds is 13. The maximum absolute atomic E-state index is 14.6. The molecule has 2 atom stereocenters. The SMILES string of the molecule is CC[C@H](C)NC(=O)[C@H](Cc1ccccc1)N(Cc1c(Cl)cccc1Cl)C(=O)CN(c1cccc(Cl)c1)S(=O)(=O)c1ccc(C)cc1. The molecule has 0 bridgehead atoms. The lowest BCUT2D eigenvalue weighted by molar-refractivity contribution is -0.140. The highest BCUT2D eigenvalue weighted by molar-refractivity contribution is 7.92. The Balaban J connectivity index is 1.84. The van der Waals surface area contributed by atoms with E-state index in [0.29, 0.717) is 27.1 Å². The Labute approximate surface area is 286 Å². The molecular weight excluding hydrogens is 665 g/mol. The van der Waals surface area contributed by atoms with Gasteiger partial charge in [-0.2, -0.15) is 0 Å². The van der Waals surface area contributed by atoms with Crippen molar-refractivity contribution in [1.29, 1.82) is 0 Å². The molecular formula is C35H36Cl3N3O4S. The monoisotopic (exact) mass is 699 g/mol. The first-order valence-electron chi connectivity index (χ1n) is 14.8. The molecule has 0 spiro atoms. The molecule has 4 aromatic rings. The highest BCUT2D eigenvalue weighted by Crippen LogP contribution is 2.30. The highest BCUT2D eigenvalue weighted by atomic mass is 35.5. The predicted octanol–water partition coefficient (Wildman–Crippen LogP) is 7.71. The minimum absolute atomic E-state index is 0.00178. The number of hydrogen-bond donors (Lipinski definition) is 1. The maximum atomic E-state index is 14.6. The molecule has 0 aliphatic heterocycles. The van der Waals surface area contributed by atoms with Gasteiger partial charge in [0.15, 0.2) is 0 Å². The van der Waals surface area contributed by atoms with Crippen molar-refractivity contribution in [3.8, 4) is 0 Å². The summed E-state index contributed by atoms with van der Waals surface area (Å²) in [5.74, 6) is -1.02. The fourth-order valence-corrected chi connectivity index (χ4v) is 6.95. The Morgan fingerprint density at radius 1 is 0.848 bits per heavy atom. The van der Waals surface area contributed by atoms with Crippen molar-refractivity contribution in [2.45, 2.75) is 57.1 Å². The molecule has 11 heteroatoms. The fraction of sp³-hybridized carbons (Fsp3) is 0.257. The van der Waals surface area contributed by atoms with Crippen LogP contribution in [-0.2, 0) is 32.6 Å². The van der Waals surface area contributed by atoms with Gasteiger partial charge in [0.05, 0.1) is 10.6 Å². The van der Waals surface area contributed by atoms with Crippen molar-refractivity contribution in [1.82, 2.24) is 10.2 Å². The lowest BCUT2D eigenvalue weighted by atomic mass is 10.0. The van der Waals surface area contributed by atoms with Gasteiger partial charge in [-0.3, -0.25) is 13.9 Å². The molecule has 0 aliphatic rings. The standard InChI is InChI=1S/C35H36Cl3N3O4S/c1-4-25(3)39-35(43)33(20-26-10-6-5-7-11-26)40(22-30-31(37)14-9-15-32(30)38)34(42)23-41(28-13-8-12-27(36)21-28)46(44,45)29-18-16-24(2)17-19-29/h5-19,21,25,33H,4,20,22-23H2,1-3H3,(H,39,43)/t25-,33-/m0/s1. The van der Waals surface area contributed by atoms with Gasteiger partial charge in [0, 0.05) is 39.6 Å². The number of hydrogen-bond acceptors (Lipinski definition) is 4. The number of nitrogens with one attached hydrogen (secondary N) is 1. The Morgan fingerprint density at radius 2 is 1.48 bits per heavy atom. The van der Waals surface area contributed by atoms with E-state index in [9.17, 15) is 18.0 Å². The summed E-state index contributed by atoms with van der Waals surface area (Å²) < 4.78 is 29.3. The average Bonchev–Trinajstić information content (AvgIpc) is 3.03. The summed E-state index contributed by atoms with van der Waals surface area (Å²) in [6.45, 7) is 4.91. The van der Waals surface area contributed by atoms with Crippen LogP contribution in [0.25, 0.3) is 0 Å². The van der Waals surface area contributed by atoms with Crippen LogP contribution in [0.2, 0.25) is 15.1 Å². The Bertz CT molecular complexity index is 1750. The van der Waals surface area contributed by atoms with Crippen LogP contribution >= 0.6 is 34.8 Å². The Hall–Kier alpha value is -3.56. The lowest BCUT2D eigenvalue weighted by Crippen LogP contribution is -2.54. The van der Waals surface area contributed by atoms with Crippen molar-refractivity contribution in [2.75, 3.05) is 10.8 Å². The summed E-state index contributed by atoms with van der Waals surface area (Å²) in [5, 5.41) is 3.92. The largest absolute Gasteiger partial charge is 0.352 e. The molecule has 1 N–H and O–H groups in total. The van der Waals surface area contributed by atoms with Gasteiger partial charge >= 0.3 is 0 Å². The quantitative estimate of drug-likeness (QED) is 0.155. The number of aryl methyl sites for hydroxylation is 1.